The number of Topliss-reactive ketones (excluding diaryl/α,β-unsaturated/α-hetero) is 1. The third kappa shape index (κ3) is 1.13. The van der Waals surface area contributed by atoms with E-state index >= 15 is 0 Å². The van der Waals surface area contributed by atoms with Gasteiger partial charge in [0, 0.05) is 4.83 Å². The first-order valence-corrected chi connectivity index (χ1v) is 4.41. The van der Waals surface area contributed by atoms with Crippen LogP contribution < -0.4 is 0 Å². The van der Waals surface area contributed by atoms with E-state index in [0.717, 1.165) is 17.8 Å². The van der Waals surface area contributed by atoms with Crippen LogP contribution in [-0.2, 0) is 9.53 Å². The molecule has 3 heteroatoms. The maximum atomic E-state index is 11.1. The lowest BCUT2D eigenvalue weighted by atomic mass is 10.0. The molecule has 0 amide bonds. The van der Waals surface area contributed by atoms with Crippen molar-refractivity contribution in [1.82, 2.24) is 0 Å². The molecule has 0 spiro atoms. The highest BCUT2D eigenvalue weighted by molar-refractivity contribution is 9.09. The Morgan fingerprint density at radius 3 is 3.27 bits per heavy atom. The van der Waals surface area contributed by atoms with E-state index in [4.69, 9.17) is 4.74 Å². The number of ether oxygens (including phenoxy) is 1. The van der Waals surface area contributed by atoms with Gasteiger partial charge in [0.2, 0.25) is 5.78 Å². The van der Waals surface area contributed by atoms with E-state index in [-0.39, 0.29) is 12.4 Å². The second kappa shape index (κ2) is 2.48. The maximum absolute atomic E-state index is 11.1. The van der Waals surface area contributed by atoms with Crippen LogP contribution in [0.4, 0.5) is 0 Å². The van der Waals surface area contributed by atoms with Crippen LogP contribution in [0, 0.1) is 0 Å². The molecule has 0 saturated carbocycles. The van der Waals surface area contributed by atoms with Crippen molar-refractivity contribution in [3.05, 3.63) is 23.5 Å². The van der Waals surface area contributed by atoms with E-state index in [9.17, 15) is 4.79 Å². The Bertz CT molecular complexity index is 265. The largest absolute Gasteiger partial charge is 0.485 e. The quantitative estimate of drug-likeness (QED) is 0.573. The molecule has 0 aromatic rings. The highest BCUT2D eigenvalue weighted by Gasteiger charge is 2.27. The number of carbonyl (C=O) groups excluding carboxylic acids is 1. The topological polar surface area (TPSA) is 26.3 Å². The lowest BCUT2D eigenvalue weighted by Crippen LogP contribution is -2.04. The molecule has 0 aromatic carbocycles. The second-order valence-electron chi connectivity index (χ2n) is 2.61. The summed E-state index contributed by atoms with van der Waals surface area (Å²) in [6.07, 6.45) is 4.79. The summed E-state index contributed by atoms with van der Waals surface area (Å²) in [6.45, 7) is 0.220. The van der Waals surface area contributed by atoms with Gasteiger partial charge in [-0.15, -0.1) is 0 Å². The monoisotopic (exact) mass is 214 g/mol. The molecule has 1 unspecified atom stereocenters. The normalized spacial score (nSPS) is 28.8. The standard InChI is InChI=1S/C8H7BrO2/c9-5-1-2-8-6(3-5)7(10)4-11-8/h2-3,5H,1,4H2. The Labute approximate surface area is 73.0 Å². The van der Waals surface area contributed by atoms with Crippen molar-refractivity contribution in [3.63, 3.8) is 0 Å². The van der Waals surface area contributed by atoms with Crippen molar-refractivity contribution in [3.8, 4) is 0 Å². The molecule has 1 aliphatic heterocycles. The number of hydrogen-bond acceptors (Lipinski definition) is 2. The highest BCUT2D eigenvalue weighted by atomic mass is 79.9. The van der Waals surface area contributed by atoms with Crippen LogP contribution >= 0.6 is 15.9 Å². The summed E-state index contributed by atoms with van der Waals surface area (Å²) in [5, 5.41) is 0. The van der Waals surface area contributed by atoms with E-state index in [0.29, 0.717) is 4.83 Å². The summed E-state index contributed by atoms with van der Waals surface area (Å²) in [4.78, 5) is 11.4. The summed E-state index contributed by atoms with van der Waals surface area (Å²) in [5.41, 5.74) is 0.748. The Hall–Kier alpha value is -0.570. The van der Waals surface area contributed by atoms with Crippen molar-refractivity contribution in [2.75, 3.05) is 6.61 Å². The molecule has 2 aliphatic rings. The maximum Gasteiger partial charge on any atom is 0.203 e. The number of alkyl halides is 1. The van der Waals surface area contributed by atoms with Crippen LogP contribution in [0.3, 0.4) is 0 Å². The number of hydrogen-bond donors (Lipinski definition) is 0. The van der Waals surface area contributed by atoms with Crippen LogP contribution in [0.15, 0.2) is 23.5 Å². The lowest BCUT2D eigenvalue weighted by Gasteiger charge is -2.08. The van der Waals surface area contributed by atoms with E-state index in [2.05, 4.69) is 15.9 Å². The lowest BCUT2D eigenvalue weighted by molar-refractivity contribution is -0.115. The van der Waals surface area contributed by atoms with Crippen LogP contribution in [-0.4, -0.2) is 17.2 Å². The van der Waals surface area contributed by atoms with Crippen LogP contribution in [0.5, 0.6) is 0 Å². The number of carbonyl (C=O) groups is 1. The van der Waals surface area contributed by atoms with E-state index in [1.165, 1.54) is 0 Å². The predicted molar refractivity (Wildman–Crippen MR) is 44.5 cm³/mol. The third-order valence-corrected chi connectivity index (χ3v) is 2.44. The van der Waals surface area contributed by atoms with Gasteiger partial charge in [0.1, 0.15) is 5.76 Å². The van der Waals surface area contributed by atoms with Gasteiger partial charge in [-0.05, 0) is 12.5 Å². The smallest absolute Gasteiger partial charge is 0.203 e. The molecule has 1 fully saturated rings. The van der Waals surface area contributed by atoms with Gasteiger partial charge < -0.3 is 4.74 Å². The van der Waals surface area contributed by atoms with Gasteiger partial charge in [0.05, 0.1) is 5.57 Å². The van der Waals surface area contributed by atoms with Gasteiger partial charge in [-0.3, -0.25) is 4.79 Å². The fourth-order valence-electron chi connectivity index (χ4n) is 1.25. The zero-order valence-electron chi connectivity index (χ0n) is 5.84. The summed E-state index contributed by atoms with van der Waals surface area (Å²) in [5.74, 6) is 0.867. The average Bonchev–Trinajstić information content (AvgIpc) is 2.33. The first-order valence-electron chi connectivity index (χ1n) is 3.50. The predicted octanol–water partition coefficient (Wildman–Crippen LogP) is 1.56. The molecule has 2 nitrogen and oxygen atoms in total. The SMILES string of the molecule is O=C1COC2=CCC(Br)C=C12. The minimum Gasteiger partial charge on any atom is -0.485 e. The number of rotatable bonds is 0. The molecule has 0 bridgehead atoms. The summed E-state index contributed by atoms with van der Waals surface area (Å²) in [6, 6.07) is 0. The molecule has 1 aliphatic carbocycles. The molecule has 0 aromatic heterocycles. The third-order valence-electron chi connectivity index (χ3n) is 1.80. The number of ketones is 1. The average molecular weight is 215 g/mol. The Balaban J connectivity index is 2.37. The second-order valence-corrected chi connectivity index (χ2v) is 3.79. The molecule has 1 saturated heterocycles. The van der Waals surface area contributed by atoms with Crippen molar-refractivity contribution < 1.29 is 9.53 Å². The number of halogens is 1. The minimum atomic E-state index is 0.0976. The molecule has 11 heavy (non-hydrogen) atoms. The van der Waals surface area contributed by atoms with Crippen molar-refractivity contribution >= 4 is 21.7 Å². The van der Waals surface area contributed by atoms with Crippen LogP contribution in [0.25, 0.3) is 0 Å². The Morgan fingerprint density at radius 2 is 2.45 bits per heavy atom. The van der Waals surface area contributed by atoms with Crippen LogP contribution in [0.1, 0.15) is 6.42 Å². The van der Waals surface area contributed by atoms with Gasteiger partial charge in [0.15, 0.2) is 6.61 Å². The first-order chi connectivity index (χ1) is 5.27. The summed E-state index contributed by atoms with van der Waals surface area (Å²) >= 11 is 3.42. The number of allylic oxidation sites excluding steroid dienone is 3. The van der Waals surface area contributed by atoms with Gasteiger partial charge in [-0.2, -0.15) is 0 Å². The zero-order chi connectivity index (χ0) is 7.84. The van der Waals surface area contributed by atoms with E-state index in [1.807, 2.05) is 12.2 Å². The molecule has 1 heterocycles. The Morgan fingerprint density at radius 1 is 1.64 bits per heavy atom. The Kier molecular flexibility index (Phi) is 1.60. The van der Waals surface area contributed by atoms with E-state index in [1.54, 1.807) is 0 Å². The zero-order valence-corrected chi connectivity index (χ0v) is 7.43. The van der Waals surface area contributed by atoms with Crippen molar-refractivity contribution in [2.24, 2.45) is 0 Å². The van der Waals surface area contributed by atoms with Crippen molar-refractivity contribution in [2.45, 2.75) is 11.2 Å². The molecule has 58 valence electrons. The van der Waals surface area contributed by atoms with Gasteiger partial charge in [0.25, 0.3) is 0 Å². The van der Waals surface area contributed by atoms with Gasteiger partial charge in [-0.1, -0.05) is 22.0 Å². The van der Waals surface area contributed by atoms with Gasteiger partial charge in [-0.25, -0.2) is 0 Å². The minimum absolute atomic E-state index is 0.0976. The van der Waals surface area contributed by atoms with Gasteiger partial charge >= 0.3 is 0 Å². The fourth-order valence-corrected chi connectivity index (χ4v) is 1.70. The fraction of sp³-hybridized carbons (Fsp3) is 0.375. The number of fused-ring (bicyclic) bond motifs is 1. The molecule has 2 rings (SSSR count). The molecular weight excluding hydrogens is 208 g/mol. The summed E-state index contributed by atoms with van der Waals surface area (Å²) in [7, 11) is 0. The highest BCUT2D eigenvalue weighted by Crippen LogP contribution is 2.28. The summed E-state index contributed by atoms with van der Waals surface area (Å²) < 4.78 is 5.14. The molecule has 0 N–H and O–H groups in total. The molecule has 1 atom stereocenters. The first kappa shape index (κ1) is 7.10. The molecular formula is C8H7BrO2. The van der Waals surface area contributed by atoms with Crippen LogP contribution in [0.2, 0.25) is 0 Å². The van der Waals surface area contributed by atoms with Crippen molar-refractivity contribution in [1.29, 1.82) is 0 Å². The molecule has 0 radical (unpaired) electrons. The van der Waals surface area contributed by atoms with E-state index < -0.39 is 0 Å².